The van der Waals surface area contributed by atoms with Crippen LogP contribution in [0, 0.1) is 0 Å². The summed E-state index contributed by atoms with van der Waals surface area (Å²) in [5.41, 5.74) is 0. The van der Waals surface area contributed by atoms with Gasteiger partial charge in [0, 0.05) is 20.1 Å². The molecule has 0 bridgehead atoms. The molecular formula is C9H18N2O3. The molecule has 0 radical (unpaired) electrons. The first kappa shape index (κ1) is 12.7. The van der Waals surface area contributed by atoms with E-state index in [4.69, 9.17) is 4.74 Å². The zero-order valence-corrected chi connectivity index (χ0v) is 9.24. The Bertz CT molecular complexity index is 206. The Morgan fingerprint density at radius 3 is 2.07 bits per heavy atom. The van der Waals surface area contributed by atoms with Crippen LogP contribution in [0.15, 0.2) is 0 Å². The largest absolute Gasteiger partial charge is 0.449 e. The normalized spacial score (nSPS) is 9.43. The number of urea groups is 1. The van der Waals surface area contributed by atoms with Crippen molar-refractivity contribution in [1.29, 1.82) is 0 Å². The third-order valence-corrected chi connectivity index (χ3v) is 1.84. The van der Waals surface area contributed by atoms with Crippen molar-refractivity contribution in [3.8, 4) is 0 Å². The third-order valence-electron chi connectivity index (χ3n) is 1.84. The maximum Gasteiger partial charge on any atom is 0.417 e. The topological polar surface area (TPSA) is 49.9 Å². The van der Waals surface area contributed by atoms with Gasteiger partial charge in [0.2, 0.25) is 0 Å². The molecule has 0 heterocycles. The highest BCUT2D eigenvalue weighted by molar-refractivity contribution is 5.90. The van der Waals surface area contributed by atoms with E-state index in [1.54, 1.807) is 20.9 Å². The summed E-state index contributed by atoms with van der Waals surface area (Å²) in [5.74, 6) is 0. The zero-order chi connectivity index (χ0) is 11.1. The molecule has 5 nitrogen and oxygen atoms in total. The van der Waals surface area contributed by atoms with E-state index in [-0.39, 0.29) is 12.6 Å². The molecule has 0 N–H and O–H groups in total. The van der Waals surface area contributed by atoms with E-state index in [0.29, 0.717) is 13.1 Å². The summed E-state index contributed by atoms with van der Waals surface area (Å²) in [6, 6.07) is -0.326. The van der Waals surface area contributed by atoms with Gasteiger partial charge in [0.25, 0.3) is 0 Å². The van der Waals surface area contributed by atoms with Crippen LogP contribution in [0.4, 0.5) is 9.59 Å². The van der Waals surface area contributed by atoms with Crippen LogP contribution >= 0.6 is 0 Å². The van der Waals surface area contributed by atoms with Crippen LogP contribution in [0.1, 0.15) is 20.8 Å². The van der Waals surface area contributed by atoms with Crippen LogP contribution in [-0.2, 0) is 4.74 Å². The molecule has 0 aromatic carbocycles. The van der Waals surface area contributed by atoms with Crippen molar-refractivity contribution < 1.29 is 14.3 Å². The highest BCUT2D eigenvalue weighted by atomic mass is 16.6. The van der Waals surface area contributed by atoms with Crippen molar-refractivity contribution in [2.75, 3.05) is 26.7 Å². The number of carbonyl (C=O) groups is 2. The molecule has 0 saturated heterocycles. The molecule has 0 rings (SSSR count). The van der Waals surface area contributed by atoms with E-state index >= 15 is 0 Å². The molecule has 14 heavy (non-hydrogen) atoms. The van der Waals surface area contributed by atoms with Gasteiger partial charge in [-0.2, -0.15) is 0 Å². The van der Waals surface area contributed by atoms with E-state index in [0.717, 1.165) is 4.90 Å². The van der Waals surface area contributed by atoms with Crippen molar-refractivity contribution in [3.05, 3.63) is 0 Å². The number of hydrogen-bond acceptors (Lipinski definition) is 3. The second-order valence-electron chi connectivity index (χ2n) is 2.74. The van der Waals surface area contributed by atoms with E-state index < -0.39 is 6.09 Å². The van der Waals surface area contributed by atoms with Gasteiger partial charge in [-0.25, -0.2) is 14.5 Å². The molecule has 0 aromatic rings. The first-order valence-corrected chi connectivity index (χ1v) is 4.77. The van der Waals surface area contributed by atoms with E-state index in [1.807, 2.05) is 6.92 Å². The monoisotopic (exact) mass is 202 g/mol. The molecule has 82 valence electrons. The van der Waals surface area contributed by atoms with Gasteiger partial charge >= 0.3 is 12.1 Å². The molecule has 0 atom stereocenters. The smallest absolute Gasteiger partial charge is 0.417 e. The van der Waals surface area contributed by atoms with Crippen LogP contribution in [0.25, 0.3) is 0 Å². The molecule has 0 aliphatic heterocycles. The molecule has 0 spiro atoms. The summed E-state index contributed by atoms with van der Waals surface area (Å²) in [6.07, 6.45) is -0.583. The Hall–Kier alpha value is -1.26. The maximum absolute atomic E-state index is 11.6. The Kier molecular flexibility index (Phi) is 5.67. The summed E-state index contributed by atoms with van der Waals surface area (Å²) in [7, 11) is 1.64. The second kappa shape index (κ2) is 6.23. The van der Waals surface area contributed by atoms with E-state index in [9.17, 15) is 9.59 Å². The van der Waals surface area contributed by atoms with Gasteiger partial charge < -0.3 is 9.64 Å². The van der Waals surface area contributed by atoms with Crippen molar-refractivity contribution in [3.63, 3.8) is 0 Å². The van der Waals surface area contributed by atoms with Gasteiger partial charge in [-0.05, 0) is 20.8 Å². The summed E-state index contributed by atoms with van der Waals surface area (Å²) >= 11 is 0. The van der Waals surface area contributed by atoms with Gasteiger partial charge in [-0.1, -0.05) is 0 Å². The SMILES string of the molecule is CCOC(=O)N(CC)C(=O)N(C)CC. The van der Waals surface area contributed by atoms with Gasteiger partial charge in [0.1, 0.15) is 0 Å². The average Bonchev–Trinajstić information content (AvgIpc) is 2.18. The van der Waals surface area contributed by atoms with E-state index in [1.165, 1.54) is 4.90 Å². The molecule has 5 heteroatoms. The second-order valence-corrected chi connectivity index (χ2v) is 2.74. The highest BCUT2D eigenvalue weighted by Gasteiger charge is 2.22. The van der Waals surface area contributed by atoms with Crippen molar-refractivity contribution in [1.82, 2.24) is 9.80 Å². The minimum absolute atomic E-state index is 0.276. The zero-order valence-electron chi connectivity index (χ0n) is 9.24. The maximum atomic E-state index is 11.6. The van der Waals surface area contributed by atoms with Crippen LogP contribution in [0.2, 0.25) is 0 Å². The Morgan fingerprint density at radius 1 is 1.14 bits per heavy atom. The van der Waals surface area contributed by atoms with Crippen molar-refractivity contribution in [2.45, 2.75) is 20.8 Å². The minimum atomic E-state index is -0.583. The van der Waals surface area contributed by atoms with Crippen LogP contribution in [0.5, 0.6) is 0 Å². The Morgan fingerprint density at radius 2 is 1.71 bits per heavy atom. The van der Waals surface area contributed by atoms with Gasteiger partial charge in [0.05, 0.1) is 6.61 Å². The summed E-state index contributed by atoms with van der Waals surface area (Å²) < 4.78 is 4.75. The van der Waals surface area contributed by atoms with E-state index in [2.05, 4.69) is 0 Å². The number of amides is 3. The molecule has 0 aliphatic rings. The fourth-order valence-electron chi connectivity index (χ4n) is 0.885. The molecule has 0 aromatic heterocycles. The van der Waals surface area contributed by atoms with Gasteiger partial charge in [-0.15, -0.1) is 0 Å². The fourth-order valence-corrected chi connectivity index (χ4v) is 0.885. The van der Waals surface area contributed by atoms with Crippen LogP contribution in [0.3, 0.4) is 0 Å². The summed E-state index contributed by atoms with van der Waals surface area (Å²) in [6.45, 7) is 6.45. The number of hydrogen-bond donors (Lipinski definition) is 0. The molecule has 0 fully saturated rings. The predicted octanol–water partition coefficient (Wildman–Crippen LogP) is 1.54. The quantitative estimate of drug-likeness (QED) is 0.697. The number of imide groups is 1. The molecule has 0 aliphatic carbocycles. The Labute approximate surface area is 84.6 Å². The fraction of sp³-hybridized carbons (Fsp3) is 0.778. The lowest BCUT2D eigenvalue weighted by molar-refractivity contribution is 0.107. The summed E-state index contributed by atoms with van der Waals surface area (Å²) in [4.78, 5) is 25.4. The molecule has 3 amide bonds. The number of nitrogens with zero attached hydrogens (tertiary/aromatic N) is 2. The summed E-state index contributed by atoms with van der Waals surface area (Å²) in [5, 5.41) is 0. The van der Waals surface area contributed by atoms with Gasteiger partial charge in [-0.3, -0.25) is 0 Å². The standard InChI is InChI=1S/C9H18N2O3/c1-5-10(4)8(12)11(6-2)9(13)14-7-3/h5-7H2,1-4H3. The number of carbonyl (C=O) groups excluding carboxylic acids is 2. The molecule has 0 saturated carbocycles. The minimum Gasteiger partial charge on any atom is -0.449 e. The third kappa shape index (κ3) is 3.24. The first-order chi connectivity index (χ1) is 6.58. The van der Waals surface area contributed by atoms with Gasteiger partial charge in [0.15, 0.2) is 0 Å². The lowest BCUT2D eigenvalue weighted by Crippen LogP contribution is -2.44. The molecule has 0 unspecified atom stereocenters. The van der Waals surface area contributed by atoms with Crippen molar-refractivity contribution in [2.24, 2.45) is 0 Å². The average molecular weight is 202 g/mol. The van der Waals surface area contributed by atoms with Crippen LogP contribution < -0.4 is 0 Å². The van der Waals surface area contributed by atoms with Crippen LogP contribution in [-0.4, -0.2) is 48.7 Å². The number of rotatable bonds is 3. The highest BCUT2D eigenvalue weighted by Crippen LogP contribution is 1.99. The lowest BCUT2D eigenvalue weighted by Gasteiger charge is -2.23. The first-order valence-electron chi connectivity index (χ1n) is 4.77. The Balaban J connectivity index is 4.39. The lowest BCUT2D eigenvalue weighted by atomic mass is 10.5. The predicted molar refractivity (Wildman–Crippen MR) is 53.1 cm³/mol. The van der Waals surface area contributed by atoms with Crippen molar-refractivity contribution >= 4 is 12.1 Å². The molecular weight excluding hydrogens is 184 g/mol. The number of ether oxygens (including phenoxy) is 1.